The van der Waals surface area contributed by atoms with Crippen molar-refractivity contribution in [2.75, 3.05) is 14.2 Å². The van der Waals surface area contributed by atoms with Gasteiger partial charge < -0.3 is 18.6 Å². The molecule has 0 fully saturated rings. The Kier molecular flexibility index (Phi) is 4.86. The van der Waals surface area contributed by atoms with Gasteiger partial charge in [-0.2, -0.15) is 0 Å². The molecule has 0 N–H and O–H groups in total. The molecule has 3 aromatic rings. The summed E-state index contributed by atoms with van der Waals surface area (Å²) in [6, 6.07) is 12.5. The fraction of sp³-hybridized carbons (Fsp3) is 0.176. The van der Waals surface area contributed by atoms with Crippen molar-refractivity contribution in [3.8, 4) is 28.7 Å². The fourth-order valence-corrected chi connectivity index (χ4v) is 2.29. The number of ether oxygens (including phenoxy) is 3. The Morgan fingerprint density at radius 3 is 2.50 bits per heavy atom. The number of para-hydroxylation sites is 1. The minimum atomic E-state index is 0.129. The monoisotopic (exact) mass is 346 g/mol. The zero-order chi connectivity index (χ0) is 16.9. The summed E-state index contributed by atoms with van der Waals surface area (Å²) in [6.07, 6.45) is 0. The summed E-state index contributed by atoms with van der Waals surface area (Å²) in [5.74, 6) is 2.49. The highest BCUT2D eigenvalue weighted by Crippen LogP contribution is 2.32. The van der Waals surface area contributed by atoms with Gasteiger partial charge in [0.25, 0.3) is 5.89 Å². The Morgan fingerprint density at radius 2 is 1.75 bits per heavy atom. The van der Waals surface area contributed by atoms with Crippen LogP contribution in [0.3, 0.4) is 0 Å². The number of hydrogen-bond donors (Lipinski definition) is 0. The first-order valence-corrected chi connectivity index (χ1v) is 7.51. The van der Waals surface area contributed by atoms with Crippen molar-refractivity contribution in [2.24, 2.45) is 0 Å². The first kappa shape index (κ1) is 16.1. The topological polar surface area (TPSA) is 66.6 Å². The van der Waals surface area contributed by atoms with Crippen molar-refractivity contribution in [3.05, 3.63) is 53.4 Å². The van der Waals surface area contributed by atoms with E-state index in [4.69, 9.17) is 30.2 Å². The Morgan fingerprint density at radius 1 is 0.958 bits per heavy atom. The summed E-state index contributed by atoms with van der Waals surface area (Å²) in [5.41, 5.74) is 0.726. The molecule has 0 saturated heterocycles. The number of rotatable bonds is 6. The van der Waals surface area contributed by atoms with Crippen LogP contribution in [0.4, 0.5) is 0 Å². The van der Waals surface area contributed by atoms with Gasteiger partial charge in [-0.3, -0.25) is 0 Å². The minimum absolute atomic E-state index is 0.129. The minimum Gasteiger partial charge on any atom is -0.493 e. The standard InChI is InChI=1S/C17H15ClN2O4/c1-21-14-8-7-11(9-15(14)22-2)17-20-19-16(24-17)10-23-13-6-4-3-5-12(13)18/h3-9H,10H2,1-2H3. The lowest BCUT2D eigenvalue weighted by Gasteiger charge is -2.07. The van der Waals surface area contributed by atoms with Crippen molar-refractivity contribution in [2.45, 2.75) is 6.61 Å². The third-order valence-electron chi connectivity index (χ3n) is 3.29. The molecule has 0 atom stereocenters. The second kappa shape index (κ2) is 7.23. The molecule has 0 radical (unpaired) electrons. The van der Waals surface area contributed by atoms with Crippen molar-refractivity contribution in [1.29, 1.82) is 0 Å². The maximum Gasteiger partial charge on any atom is 0.254 e. The highest BCUT2D eigenvalue weighted by Gasteiger charge is 2.13. The highest BCUT2D eigenvalue weighted by atomic mass is 35.5. The predicted octanol–water partition coefficient (Wildman–Crippen LogP) is 3.99. The lowest BCUT2D eigenvalue weighted by atomic mass is 10.2. The number of nitrogens with zero attached hydrogens (tertiary/aromatic N) is 2. The van der Waals surface area contributed by atoms with E-state index in [-0.39, 0.29) is 6.61 Å². The van der Waals surface area contributed by atoms with E-state index < -0.39 is 0 Å². The van der Waals surface area contributed by atoms with E-state index in [2.05, 4.69) is 10.2 Å². The zero-order valence-electron chi connectivity index (χ0n) is 13.2. The van der Waals surface area contributed by atoms with Crippen LogP contribution >= 0.6 is 11.6 Å². The lowest BCUT2D eigenvalue weighted by molar-refractivity contribution is 0.264. The summed E-state index contributed by atoms with van der Waals surface area (Å²) >= 11 is 6.04. The molecule has 0 aliphatic heterocycles. The molecule has 6 nitrogen and oxygen atoms in total. The fourth-order valence-electron chi connectivity index (χ4n) is 2.10. The molecule has 1 heterocycles. The van der Waals surface area contributed by atoms with Gasteiger partial charge in [0.2, 0.25) is 5.89 Å². The Balaban J connectivity index is 1.75. The van der Waals surface area contributed by atoms with Crippen molar-refractivity contribution >= 4 is 11.6 Å². The van der Waals surface area contributed by atoms with Gasteiger partial charge in [0, 0.05) is 5.56 Å². The van der Waals surface area contributed by atoms with E-state index in [0.29, 0.717) is 34.1 Å². The first-order valence-electron chi connectivity index (χ1n) is 7.13. The maximum atomic E-state index is 6.04. The quantitative estimate of drug-likeness (QED) is 0.672. The van der Waals surface area contributed by atoms with Crippen molar-refractivity contribution < 1.29 is 18.6 Å². The molecule has 0 amide bonds. The van der Waals surface area contributed by atoms with Crippen LogP contribution in [0.15, 0.2) is 46.9 Å². The van der Waals surface area contributed by atoms with E-state index >= 15 is 0 Å². The molecular formula is C17H15ClN2O4. The highest BCUT2D eigenvalue weighted by molar-refractivity contribution is 6.32. The summed E-state index contributed by atoms with van der Waals surface area (Å²) < 4.78 is 21.7. The Labute approximate surface area is 143 Å². The van der Waals surface area contributed by atoms with Gasteiger partial charge in [0.05, 0.1) is 19.2 Å². The van der Waals surface area contributed by atoms with Crippen LogP contribution in [0.1, 0.15) is 5.89 Å². The molecule has 1 aromatic heterocycles. The van der Waals surface area contributed by atoms with E-state index in [1.165, 1.54) is 0 Å². The van der Waals surface area contributed by atoms with Crippen LogP contribution < -0.4 is 14.2 Å². The molecule has 0 spiro atoms. The first-order chi connectivity index (χ1) is 11.7. The third kappa shape index (κ3) is 3.44. The maximum absolute atomic E-state index is 6.04. The molecule has 0 bridgehead atoms. The largest absolute Gasteiger partial charge is 0.493 e. The number of halogens is 1. The van der Waals surface area contributed by atoms with Gasteiger partial charge in [0.15, 0.2) is 18.1 Å². The van der Waals surface area contributed by atoms with Gasteiger partial charge in [-0.25, -0.2) is 0 Å². The van der Waals surface area contributed by atoms with E-state index in [1.807, 2.05) is 18.2 Å². The summed E-state index contributed by atoms with van der Waals surface area (Å²) in [6.45, 7) is 0.129. The molecule has 124 valence electrons. The second-order valence-corrected chi connectivity index (χ2v) is 5.20. The van der Waals surface area contributed by atoms with Gasteiger partial charge in [0.1, 0.15) is 5.75 Å². The van der Waals surface area contributed by atoms with Crippen LogP contribution in [0.25, 0.3) is 11.5 Å². The van der Waals surface area contributed by atoms with Crippen LogP contribution in [-0.2, 0) is 6.61 Å². The summed E-state index contributed by atoms with van der Waals surface area (Å²) in [5, 5.41) is 8.53. The van der Waals surface area contributed by atoms with E-state index in [9.17, 15) is 0 Å². The average Bonchev–Trinajstić information content (AvgIpc) is 3.09. The molecule has 3 rings (SSSR count). The van der Waals surface area contributed by atoms with E-state index in [1.54, 1.807) is 38.5 Å². The number of benzene rings is 2. The van der Waals surface area contributed by atoms with Crippen molar-refractivity contribution in [3.63, 3.8) is 0 Å². The van der Waals surface area contributed by atoms with Gasteiger partial charge >= 0.3 is 0 Å². The Bertz CT molecular complexity index is 835. The molecule has 2 aromatic carbocycles. The number of methoxy groups -OCH3 is 2. The van der Waals surface area contributed by atoms with Gasteiger partial charge in [-0.1, -0.05) is 23.7 Å². The van der Waals surface area contributed by atoms with Gasteiger partial charge in [-0.15, -0.1) is 10.2 Å². The van der Waals surface area contributed by atoms with Crippen LogP contribution in [0, 0.1) is 0 Å². The summed E-state index contributed by atoms with van der Waals surface area (Å²) in [4.78, 5) is 0. The molecule has 24 heavy (non-hydrogen) atoms. The lowest BCUT2D eigenvalue weighted by Crippen LogP contribution is -1.96. The molecule has 0 aliphatic rings. The van der Waals surface area contributed by atoms with Crippen LogP contribution in [0.5, 0.6) is 17.2 Å². The predicted molar refractivity (Wildman–Crippen MR) is 88.6 cm³/mol. The third-order valence-corrected chi connectivity index (χ3v) is 3.60. The molecule has 0 aliphatic carbocycles. The second-order valence-electron chi connectivity index (χ2n) is 4.79. The number of aromatic nitrogens is 2. The van der Waals surface area contributed by atoms with Crippen LogP contribution in [0.2, 0.25) is 5.02 Å². The van der Waals surface area contributed by atoms with E-state index in [0.717, 1.165) is 5.56 Å². The molecule has 7 heteroatoms. The van der Waals surface area contributed by atoms with Gasteiger partial charge in [-0.05, 0) is 30.3 Å². The molecule has 0 saturated carbocycles. The zero-order valence-corrected chi connectivity index (χ0v) is 13.9. The molecule has 0 unspecified atom stereocenters. The number of hydrogen-bond acceptors (Lipinski definition) is 6. The SMILES string of the molecule is COc1ccc(-c2nnc(COc3ccccc3Cl)o2)cc1OC. The van der Waals surface area contributed by atoms with Crippen LogP contribution in [-0.4, -0.2) is 24.4 Å². The average molecular weight is 347 g/mol. The Hall–Kier alpha value is -2.73. The smallest absolute Gasteiger partial charge is 0.254 e. The van der Waals surface area contributed by atoms with Crippen molar-refractivity contribution in [1.82, 2.24) is 10.2 Å². The normalized spacial score (nSPS) is 10.5. The summed E-state index contributed by atoms with van der Waals surface area (Å²) in [7, 11) is 3.15. The molecular weight excluding hydrogens is 332 g/mol.